The maximum Gasteiger partial charge on any atom is 0.264 e. The molecule has 7 heteroatoms. The third-order valence-electron chi connectivity index (χ3n) is 2.01. The highest BCUT2D eigenvalue weighted by atomic mass is 32.2. The van der Waals surface area contributed by atoms with E-state index in [4.69, 9.17) is 14.0 Å². The Hall–Kier alpha value is -0.790. The molecule has 0 radical (unpaired) electrons. The van der Waals surface area contributed by atoms with E-state index in [1.54, 1.807) is 5.38 Å². The quantitative estimate of drug-likeness (QED) is 0.815. The van der Waals surface area contributed by atoms with Gasteiger partial charge in [0.1, 0.15) is 12.7 Å². The van der Waals surface area contributed by atoms with E-state index in [9.17, 15) is 8.42 Å². The fourth-order valence-electron chi connectivity index (χ4n) is 1.28. The van der Waals surface area contributed by atoms with Gasteiger partial charge < -0.3 is 9.47 Å². The van der Waals surface area contributed by atoms with Crippen LogP contribution in [0.15, 0.2) is 10.8 Å². The third kappa shape index (κ3) is 2.83. The molecule has 0 aromatic carbocycles. The average molecular weight is 250 g/mol. The van der Waals surface area contributed by atoms with E-state index in [-0.39, 0.29) is 18.3 Å². The number of hydrogen-bond acceptors (Lipinski definition) is 5. The molecule has 5 nitrogen and oxygen atoms in total. The molecule has 0 bridgehead atoms. The van der Waals surface area contributed by atoms with Gasteiger partial charge in [-0.2, -0.15) is 8.42 Å². The van der Waals surface area contributed by atoms with Crippen LogP contribution in [0.2, 0.25) is 0 Å². The van der Waals surface area contributed by atoms with Gasteiger partial charge in [-0.3, -0.25) is 4.55 Å². The summed E-state index contributed by atoms with van der Waals surface area (Å²) >= 11 is 1.46. The second kappa shape index (κ2) is 3.99. The highest BCUT2D eigenvalue weighted by Crippen LogP contribution is 2.35. The third-order valence-corrected chi connectivity index (χ3v) is 3.46. The minimum Gasteiger partial charge on any atom is -0.485 e. The van der Waals surface area contributed by atoms with Gasteiger partial charge >= 0.3 is 0 Å². The zero-order chi connectivity index (χ0) is 10.9. The summed E-state index contributed by atoms with van der Waals surface area (Å²) in [5.41, 5.74) is 0. The van der Waals surface area contributed by atoms with Crippen molar-refractivity contribution in [3.63, 3.8) is 0 Å². The Bertz CT molecular complexity index is 436. The Labute approximate surface area is 91.4 Å². The first-order chi connectivity index (χ1) is 7.04. The molecule has 1 unspecified atom stereocenters. The van der Waals surface area contributed by atoms with Crippen molar-refractivity contribution in [3.8, 4) is 11.5 Å². The molecule has 0 fully saturated rings. The number of hydrogen-bond donors (Lipinski definition) is 1. The fourth-order valence-corrected chi connectivity index (χ4v) is 2.52. The molecule has 84 valence electrons. The van der Waals surface area contributed by atoms with Crippen LogP contribution in [0, 0.1) is 0 Å². The molecule has 2 rings (SSSR count). The van der Waals surface area contributed by atoms with Gasteiger partial charge in [0.25, 0.3) is 10.1 Å². The normalized spacial score (nSPS) is 20.2. The molecule has 1 aromatic heterocycles. The molecule has 15 heavy (non-hydrogen) atoms. The largest absolute Gasteiger partial charge is 0.485 e. The Morgan fingerprint density at radius 2 is 2.20 bits per heavy atom. The molecule has 1 aliphatic rings. The van der Waals surface area contributed by atoms with E-state index in [1.807, 2.05) is 5.38 Å². The van der Waals surface area contributed by atoms with Crippen LogP contribution < -0.4 is 9.47 Å². The van der Waals surface area contributed by atoms with Gasteiger partial charge in [-0.25, -0.2) is 0 Å². The first kappa shape index (κ1) is 10.7. The van der Waals surface area contributed by atoms with Crippen LogP contribution in [0.3, 0.4) is 0 Å². The maximum absolute atomic E-state index is 10.5. The minimum atomic E-state index is -3.92. The van der Waals surface area contributed by atoms with E-state index < -0.39 is 10.1 Å². The lowest BCUT2D eigenvalue weighted by molar-refractivity contribution is 0.0900. The molecule has 1 atom stereocenters. The van der Waals surface area contributed by atoms with Crippen LogP contribution >= 0.6 is 11.3 Å². The van der Waals surface area contributed by atoms with E-state index in [0.717, 1.165) is 0 Å². The molecule has 0 saturated carbocycles. The Kier molecular flexibility index (Phi) is 2.85. The number of thiophene rings is 1. The second-order valence-electron chi connectivity index (χ2n) is 3.23. The molecule has 0 amide bonds. The second-order valence-corrected chi connectivity index (χ2v) is 5.54. The zero-order valence-electron chi connectivity index (χ0n) is 7.75. The van der Waals surface area contributed by atoms with Crippen molar-refractivity contribution < 1.29 is 22.4 Å². The van der Waals surface area contributed by atoms with Gasteiger partial charge in [0.2, 0.25) is 0 Å². The van der Waals surface area contributed by atoms with Gasteiger partial charge in [0, 0.05) is 17.2 Å². The van der Waals surface area contributed by atoms with Crippen molar-refractivity contribution >= 4 is 21.5 Å². The number of ether oxygens (including phenoxy) is 2. The molecule has 0 spiro atoms. The summed E-state index contributed by atoms with van der Waals surface area (Å²) in [6, 6.07) is 0. The highest BCUT2D eigenvalue weighted by Gasteiger charge is 2.23. The van der Waals surface area contributed by atoms with E-state index in [2.05, 4.69) is 0 Å². The molecular formula is C8H10O5S2. The fraction of sp³-hybridized carbons (Fsp3) is 0.500. The summed E-state index contributed by atoms with van der Waals surface area (Å²) in [4.78, 5) is 0. The van der Waals surface area contributed by atoms with Crippen molar-refractivity contribution in [2.45, 2.75) is 12.5 Å². The van der Waals surface area contributed by atoms with Gasteiger partial charge in [-0.1, -0.05) is 0 Å². The van der Waals surface area contributed by atoms with Crippen molar-refractivity contribution in [2.75, 3.05) is 12.4 Å². The number of rotatable bonds is 3. The van der Waals surface area contributed by atoms with Crippen LogP contribution in [-0.4, -0.2) is 31.4 Å². The molecular weight excluding hydrogens is 240 g/mol. The highest BCUT2D eigenvalue weighted by molar-refractivity contribution is 7.85. The topological polar surface area (TPSA) is 72.8 Å². The van der Waals surface area contributed by atoms with Crippen LogP contribution in [0.25, 0.3) is 0 Å². The van der Waals surface area contributed by atoms with Crippen LogP contribution in [0.1, 0.15) is 6.42 Å². The predicted molar refractivity (Wildman–Crippen MR) is 55.3 cm³/mol. The van der Waals surface area contributed by atoms with E-state index >= 15 is 0 Å². The SMILES string of the molecule is O=S(=O)(O)CCC1COc2cscc2O1. The lowest BCUT2D eigenvalue weighted by Gasteiger charge is -2.23. The first-order valence-electron chi connectivity index (χ1n) is 4.35. The van der Waals surface area contributed by atoms with Crippen LogP contribution in [0.4, 0.5) is 0 Å². The van der Waals surface area contributed by atoms with Crippen molar-refractivity contribution in [1.29, 1.82) is 0 Å². The Morgan fingerprint density at radius 1 is 1.47 bits per heavy atom. The smallest absolute Gasteiger partial charge is 0.264 e. The summed E-state index contributed by atoms with van der Waals surface area (Å²) in [5, 5.41) is 3.63. The molecule has 0 saturated heterocycles. The Morgan fingerprint density at radius 3 is 2.93 bits per heavy atom. The summed E-state index contributed by atoms with van der Waals surface area (Å²) in [6.45, 7) is 0.319. The van der Waals surface area contributed by atoms with Gasteiger partial charge in [0.05, 0.1) is 5.75 Å². The van der Waals surface area contributed by atoms with Crippen molar-refractivity contribution in [3.05, 3.63) is 10.8 Å². The average Bonchev–Trinajstić information content (AvgIpc) is 2.60. The van der Waals surface area contributed by atoms with Crippen molar-refractivity contribution in [1.82, 2.24) is 0 Å². The molecule has 0 aliphatic carbocycles. The zero-order valence-corrected chi connectivity index (χ0v) is 9.38. The van der Waals surface area contributed by atoms with Gasteiger partial charge in [-0.15, -0.1) is 11.3 Å². The molecule has 1 aliphatic heterocycles. The maximum atomic E-state index is 10.5. The lowest BCUT2D eigenvalue weighted by atomic mass is 10.3. The Balaban J connectivity index is 1.93. The van der Waals surface area contributed by atoms with E-state index in [1.165, 1.54) is 11.3 Å². The van der Waals surface area contributed by atoms with Gasteiger partial charge in [-0.05, 0) is 0 Å². The van der Waals surface area contributed by atoms with Crippen LogP contribution in [0.5, 0.6) is 11.5 Å². The summed E-state index contributed by atoms with van der Waals surface area (Å²) < 4.78 is 40.5. The predicted octanol–water partition coefficient (Wildman–Crippen LogP) is 1.17. The molecule has 1 aromatic rings. The summed E-state index contributed by atoms with van der Waals surface area (Å²) in [7, 11) is -3.92. The number of fused-ring (bicyclic) bond motifs is 1. The first-order valence-corrected chi connectivity index (χ1v) is 6.90. The monoisotopic (exact) mass is 250 g/mol. The van der Waals surface area contributed by atoms with Crippen molar-refractivity contribution in [2.24, 2.45) is 0 Å². The molecule has 1 N–H and O–H groups in total. The molecule has 2 heterocycles. The van der Waals surface area contributed by atoms with Gasteiger partial charge in [0.15, 0.2) is 11.5 Å². The van der Waals surface area contributed by atoms with E-state index in [0.29, 0.717) is 18.1 Å². The summed E-state index contributed by atoms with van der Waals surface area (Å²) in [6.07, 6.45) is -0.0808. The summed E-state index contributed by atoms with van der Waals surface area (Å²) in [5.74, 6) is 1.04. The minimum absolute atomic E-state index is 0.230. The standard InChI is InChI=1S/C8H10O5S2/c9-15(10,11)2-1-6-3-12-7-4-14-5-8(7)13-6/h4-6H,1-3H2,(H,9,10,11). The van der Waals surface area contributed by atoms with Crippen LogP contribution in [-0.2, 0) is 10.1 Å². The lowest BCUT2D eigenvalue weighted by Crippen LogP contribution is -2.30.